The maximum Gasteiger partial charge on any atom is 0.251 e. The van der Waals surface area contributed by atoms with Crippen LogP contribution < -0.4 is 10.6 Å². The van der Waals surface area contributed by atoms with Crippen molar-refractivity contribution < 1.29 is 9.59 Å². The fourth-order valence-electron chi connectivity index (χ4n) is 2.40. The quantitative estimate of drug-likeness (QED) is 0.888. The van der Waals surface area contributed by atoms with Gasteiger partial charge >= 0.3 is 0 Å². The Balaban J connectivity index is 1.60. The molecule has 2 aromatic carbocycles. The predicted molar refractivity (Wildman–Crippen MR) is 90.1 cm³/mol. The molecule has 0 heterocycles. The largest absolute Gasteiger partial charge is 0.346 e. The Morgan fingerprint density at radius 2 is 1.65 bits per heavy atom. The van der Waals surface area contributed by atoms with E-state index >= 15 is 0 Å². The van der Waals surface area contributed by atoms with E-state index in [1.54, 1.807) is 24.3 Å². The second-order valence-electron chi connectivity index (χ2n) is 5.95. The molecule has 4 nitrogen and oxygen atoms in total. The summed E-state index contributed by atoms with van der Waals surface area (Å²) in [5.74, 6) is 0.117. The van der Waals surface area contributed by atoms with E-state index in [1.165, 1.54) is 0 Å². The number of anilines is 1. The number of carbonyl (C=O) groups is 2. The van der Waals surface area contributed by atoms with E-state index in [1.807, 2.05) is 37.3 Å². The van der Waals surface area contributed by atoms with Gasteiger partial charge in [0.25, 0.3) is 5.91 Å². The van der Waals surface area contributed by atoms with Gasteiger partial charge in [0.2, 0.25) is 5.91 Å². The molecule has 4 heteroatoms. The summed E-state index contributed by atoms with van der Waals surface area (Å²) in [6.45, 7) is 1.96. The van der Waals surface area contributed by atoms with Crippen molar-refractivity contribution in [3.8, 4) is 0 Å². The van der Waals surface area contributed by atoms with Gasteiger partial charge in [-0.3, -0.25) is 9.59 Å². The normalized spacial score (nSPS) is 14.8. The van der Waals surface area contributed by atoms with Gasteiger partial charge in [-0.2, -0.15) is 0 Å². The van der Waals surface area contributed by atoms with Gasteiger partial charge in [-0.25, -0.2) is 0 Å². The molecular weight excluding hydrogens is 288 g/mol. The van der Waals surface area contributed by atoms with Gasteiger partial charge in [-0.15, -0.1) is 0 Å². The molecule has 3 rings (SSSR count). The Bertz CT molecular complexity index is 691. The van der Waals surface area contributed by atoms with Gasteiger partial charge in [0.15, 0.2) is 0 Å². The van der Waals surface area contributed by atoms with Crippen LogP contribution in [0.1, 0.15) is 41.7 Å². The topological polar surface area (TPSA) is 58.2 Å². The molecule has 0 aromatic heterocycles. The molecule has 0 radical (unpaired) electrons. The van der Waals surface area contributed by atoms with Crippen LogP contribution in [-0.2, 0) is 4.79 Å². The summed E-state index contributed by atoms with van der Waals surface area (Å²) in [6.07, 6.45) is 1.95. The summed E-state index contributed by atoms with van der Waals surface area (Å²) in [5, 5.41) is 5.84. The number of amides is 2. The minimum atomic E-state index is -0.124. The van der Waals surface area contributed by atoms with Gasteiger partial charge in [-0.1, -0.05) is 30.3 Å². The molecule has 23 heavy (non-hydrogen) atoms. The van der Waals surface area contributed by atoms with Crippen LogP contribution in [0, 0.1) is 5.92 Å². The summed E-state index contributed by atoms with van der Waals surface area (Å²) < 4.78 is 0. The lowest BCUT2D eigenvalue weighted by Crippen LogP contribution is -2.26. The SMILES string of the molecule is C[C@H](NC(=O)c1ccc(NC(=O)C2CC2)cc1)c1ccccc1. The third-order valence-electron chi connectivity index (χ3n) is 4.01. The number of benzene rings is 2. The summed E-state index contributed by atoms with van der Waals surface area (Å²) in [5.41, 5.74) is 2.38. The molecule has 118 valence electrons. The van der Waals surface area contributed by atoms with Crippen LogP contribution >= 0.6 is 0 Å². The fourth-order valence-corrected chi connectivity index (χ4v) is 2.40. The van der Waals surface area contributed by atoms with Crippen molar-refractivity contribution in [1.29, 1.82) is 0 Å². The van der Waals surface area contributed by atoms with Crippen LogP contribution in [0.3, 0.4) is 0 Å². The summed E-state index contributed by atoms with van der Waals surface area (Å²) in [7, 11) is 0. The van der Waals surface area contributed by atoms with Crippen LogP contribution in [-0.4, -0.2) is 11.8 Å². The molecule has 2 amide bonds. The van der Waals surface area contributed by atoms with Crippen LogP contribution in [0.25, 0.3) is 0 Å². The summed E-state index contributed by atoms with van der Waals surface area (Å²) in [6, 6.07) is 16.8. The average molecular weight is 308 g/mol. The second-order valence-corrected chi connectivity index (χ2v) is 5.95. The highest BCUT2D eigenvalue weighted by Crippen LogP contribution is 2.30. The smallest absolute Gasteiger partial charge is 0.251 e. The van der Waals surface area contributed by atoms with E-state index < -0.39 is 0 Å². The third-order valence-corrected chi connectivity index (χ3v) is 4.01. The van der Waals surface area contributed by atoms with E-state index in [-0.39, 0.29) is 23.8 Å². The minimum Gasteiger partial charge on any atom is -0.346 e. The van der Waals surface area contributed by atoms with E-state index in [0.717, 1.165) is 24.1 Å². The minimum absolute atomic E-state index is 0.0575. The fraction of sp³-hybridized carbons (Fsp3) is 0.263. The number of carbonyl (C=O) groups excluding carboxylic acids is 2. The molecule has 1 fully saturated rings. The Morgan fingerprint density at radius 1 is 1.00 bits per heavy atom. The highest BCUT2D eigenvalue weighted by molar-refractivity contribution is 5.96. The first-order chi connectivity index (χ1) is 11.1. The zero-order valence-corrected chi connectivity index (χ0v) is 13.1. The number of nitrogens with one attached hydrogen (secondary N) is 2. The standard InChI is InChI=1S/C19H20N2O2/c1-13(14-5-3-2-4-6-14)20-18(22)16-9-11-17(12-10-16)21-19(23)15-7-8-15/h2-6,9-13,15H,7-8H2,1H3,(H,20,22)(H,21,23)/t13-/m0/s1. The maximum atomic E-state index is 12.3. The first-order valence-electron chi connectivity index (χ1n) is 7.90. The highest BCUT2D eigenvalue weighted by Gasteiger charge is 2.29. The molecule has 1 aliphatic carbocycles. The first kappa shape index (κ1) is 15.3. The van der Waals surface area contributed by atoms with Gasteiger partial charge < -0.3 is 10.6 Å². The van der Waals surface area contributed by atoms with Crippen molar-refractivity contribution in [2.75, 3.05) is 5.32 Å². The Kier molecular flexibility index (Phi) is 4.42. The molecule has 2 N–H and O–H groups in total. The lowest BCUT2D eigenvalue weighted by molar-refractivity contribution is -0.117. The maximum absolute atomic E-state index is 12.3. The Labute approximate surface area is 135 Å². The molecule has 0 saturated heterocycles. The predicted octanol–water partition coefficient (Wildman–Crippen LogP) is 3.53. The average Bonchev–Trinajstić information content (AvgIpc) is 3.41. The van der Waals surface area contributed by atoms with E-state index in [2.05, 4.69) is 10.6 Å². The Hall–Kier alpha value is -2.62. The van der Waals surface area contributed by atoms with Crippen molar-refractivity contribution in [2.45, 2.75) is 25.8 Å². The second kappa shape index (κ2) is 6.65. The molecule has 0 spiro atoms. The molecule has 1 saturated carbocycles. The van der Waals surface area contributed by atoms with Crippen molar-refractivity contribution in [3.05, 3.63) is 65.7 Å². The molecule has 1 aliphatic rings. The van der Waals surface area contributed by atoms with Crippen LogP contribution in [0.4, 0.5) is 5.69 Å². The van der Waals surface area contributed by atoms with Gasteiger partial charge in [0.05, 0.1) is 6.04 Å². The molecular formula is C19H20N2O2. The van der Waals surface area contributed by atoms with Gasteiger partial charge in [0, 0.05) is 17.2 Å². The number of rotatable bonds is 5. The molecule has 0 bridgehead atoms. The third kappa shape index (κ3) is 3.97. The van der Waals surface area contributed by atoms with Gasteiger partial charge in [-0.05, 0) is 49.6 Å². The first-order valence-corrected chi connectivity index (χ1v) is 7.90. The lowest BCUT2D eigenvalue weighted by Gasteiger charge is -2.14. The van der Waals surface area contributed by atoms with Crippen LogP contribution in [0.5, 0.6) is 0 Å². The molecule has 1 atom stereocenters. The zero-order valence-electron chi connectivity index (χ0n) is 13.1. The van der Waals surface area contributed by atoms with E-state index in [0.29, 0.717) is 5.56 Å². The highest BCUT2D eigenvalue weighted by atomic mass is 16.2. The van der Waals surface area contributed by atoms with Gasteiger partial charge in [0.1, 0.15) is 0 Å². The molecule has 0 aliphatic heterocycles. The number of hydrogen-bond acceptors (Lipinski definition) is 2. The monoisotopic (exact) mass is 308 g/mol. The van der Waals surface area contributed by atoms with E-state index in [4.69, 9.17) is 0 Å². The van der Waals surface area contributed by atoms with E-state index in [9.17, 15) is 9.59 Å². The van der Waals surface area contributed by atoms with Crippen molar-refractivity contribution in [3.63, 3.8) is 0 Å². The Morgan fingerprint density at radius 3 is 2.26 bits per heavy atom. The summed E-state index contributed by atoms with van der Waals surface area (Å²) in [4.78, 5) is 24.0. The van der Waals surface area contributed by atoms with Crippen LogP contribution in [0.15, 0.2) is 54.6 Å². The number of hydrogen-bond donors (Lipinski definition) is 2. The van der Waals surface area contributed by atoms with Crippen molar-refractivity contribution in [1.82, 2.24) is 5.32 Å². The lowest BCUT2D eigenvalue weighted by atomic mass is 10.1. The van der Waals surface area contributed by atoms with Crippen LogP contribution in [0.2, 0.25) is 0 Å². The van der Waals surface area contributed by atoms with Crippen molar-refractivity contribution in [2.24, 2.45) is 5.92 Å². The molecule has 0 unspecified atom stereocenters. The summed E-state index contributed by atoms with van der Waals surface area (Å²) >= 11 is 0. The molecule has 2 aromatic rings. The zero-order chi connectivity index (χ0) is 16.2. The van der Waals surface area contributed by atoms with Crippen molar-refractivity contribution >= 4 is 17.5 Å².